The summed E-state index contributed by atoms with van der Waals surface area (Å²) in [6.07, 6.45) is 1.45. The number of fused-ring (bicyclic) bond motifs is 1. The molecule has 5 heteroatoms. The largest absolute Gasteiger partial charge is 0.768 e. The first-order valence-corrected chi connectivity index (χ1v) is 4.72. The van der Waals surface area contributed by atoms with E-state index in [4.69, 9.17) is 5.73 Å². The van der Waals surface area contributed by atoms with Gasteiger partial charge in [0.25, 0.3) is 0 Å². The highest BCUT2D eigenvalue weighted by Crippen LogP contribution is 2.22. The number of aromatic amines is 1. The smallest absolute Gasteiger partial charge is 0.0502 e. The van der Waals surface area contributed by atoms with E-state index >= 15 is 0 Å². The standard InChI is InChI=1S/C8H8N2O2S/c9-5-1-2-6-7(3-5)10-4-8(6)13(11)12/h1-4,10H,9H2,(H,11,12)/p-1. The third kappa shape index (κ3) is 1.32. The zero-order valence-electron chi connectivity index (χ0n) is 6.61. The molecular formula is C8H7N2O2S-. The molecule has 2 aromatic rings. The highest BCUT2D eigenvalue weighted by atomic mass is 32.2. The van der Waals surface area contributed by atoms with Gasteiger partial charge in [-0.3, -0.25) is 4.21 Å². The van der Waals surface area contributed by atoms with Gasteiger partial charge in [-0.05, 0) is 29.3 Å². The molecule has 0 fully saturated rings. The molecule has 1 heterocycles. The number of aromatic nitrogens is 1. The Balaban J connectivity index is 2.76. The van der Waals surface area contributed by atoms with Crippen molar-refractivity contribution in [2.45, 2.75) is 4.90 Å². The molecule has 0 aliphatic carbocycles. The van der Waals surface area contributed by atoms with Crippen LogP contribution in [0.2, 0.25) is 0 Å². The number of nitrogens with two attached hydrogens (primary N) is 1. The van der Waals surface area contributed by atoms with Gasteiger partial charge in [0.05, 0.1) is 4.90 Å². The Morgan fingerprint density at radius 1 is 1.46 bits per heavy atom. The summed E-state index contributed by atoms with van der Waals surface area (Å²) < 4.78 is 21.4. The zero-order chi connectivity index (χ0) is 9.42. The molecule has 1 atom stereocenters. The Kier molecular flexibility index (Phi) is 1.82. The first-order chi connectivity index (χ1) is 6.18. The van der Waals surface area contributed by atoms with Crippen LogP contribution in [0.25, 0.3) is 10.9 Å². The maximum atomic E-state index is 10.7. The third-order valence-corrected chi connectivity index (χ3v) is 2.54. The summed E-state index contributed by atoms with van der Waals surface area (Å²) in [5.41, 5.74) is 6.88. The molecular weight excluding hydrogens is 188 g/mol. The average molecular weight is 195 g/mol. The van der Waals surface area contributed by atoms with Crippen LogP contribution in [0.3, 0.4) is 0 Å². The van der Waals surface area contributed by atoms with Gasteiger partial charge in [-0.25, -0.2) is 0 Å². The van der Waals surface area contributed by atoms with Gasteiger partial charge in [-0.1, -0.05) is 0 Å². The van der Waals surface area contributed by atoms with Crippen LogP contribution >= 0.6 is 0 Å². The maximum Gasteiger partial charge on any atom is 0.0502 e. The molecule has 0 bridgehead atoms. The summed E-state index contributed by atoms with van der Waals surface area (Å²) in [6.45, 7) is 0. The second-order valence-corrected chi connectivity index (χ2v) is 3.60. The Morgan fingerprint density at radius 3 is 2.92 bits per heavy atom. The number of anilines is 1. The lowest BCUT2D eigenvalue weighted by molar-refractivity contribution is 0.538. The molecule has 1 aromatic heterocycles. The molecule has 0 saturated heterocycles. The lowest BCUT2D eigenvalue weighted by Crippen LogP contribution is -1.86. The van der Waals surface area contributed by atoms with Gasteiger partial charge in [0.15, 0.2) is 0 Å². The Labute approximate surface area is 77.0 Å². The number of hydrogen-bond acceptors (Lipinski definition) is 3. The van der Waals surface area contributed by atoms with Crippen molar-refractivity contribution in [3.63, 3.8) is 0 Å². The number of benzene rings is 1. The van der Waals surface area contributed by atoms with E-state index in [0.29, 0.717) is 11.1 Å². The van der Waals surface area contributed by atoms with E-state index in [1.165, 1.54) is 6.20 Å². The summed E-state index contributed by atoms with van der Waals surface area (Å²) in [6, 6.07) is 5.06. The molecule has 0 radical (unpaired) electrons. The fourth-order valence-corrected chi connectivity index (χ4v) is 1.77. The number of nitrogen functional groups attached to an aromatic ring is 1. The van der Waals surface area contributed by atoms with Gasteiger partial charge >= 0.3 is 0 Å². The minimum Gasteiger partial charge on any atom is -0.768 e. The monoisotopic (exact) mass is 195 g/mol. The van der Waals surface area contributed by atoms with Crippen molar-refractivity contribution >= 4 is 27.7 Å². The number of nitrogens with one attached hydrogen (secondary N) is 1. The predicted octanol–water partition coefficient (Wildman–Crippen LogP) is 0.988. The topological polar surface area (TPSA) is 81.9 Å². The molecule has 0 spiro atoms. The van der Waals surface area contributed by atoms with Crippen LogP contribution in [0.15, 0.2) is 29.3 Å². The predicted molar refractivity (Wildman–Crippen MR) is 49.9 cm³/mol. The first kappa shape index (κ1) is 8.28. The molecule has 0 aliphatic rings. The maximum absolute atomic E-state index is 10.7. The van der Waals surface area contributed by atoms with E-state index in [1.54, 1.807) is 18.2 Å². The second-order valence-electron chi connectivity index (χ2n) is 2.69. The van der Waals surface area contributed by atoms with Crippen molar-refractivity contribution in [3.05, 3.63) is 24.4 Å². The molecule has 3 N–H and O–H groups in total. The minimum absolute atomic E-state index is 0.273. The molecule has 0 amide bonds. The van der Waals surface area contributed by atoms with Crippen molar-refractivity contribution in [3.8, 4) is 0 Å². The summed E-state index contributed by atoms with van der Waals surface area (Å²) in [5, 5.41) is 0.669. The Hall–Kier alpha value is -1.33. The number of rotatable bonds is 1. The van der Waals surface area contributed by atoms with Gasteiger partial charge in [0.2, 0.25) is 0 Å². The summed E-state index contributed by atoms with van der Waals surface area (Å²) >= 11 is -2.20. The summed E-state index contributed by atoms with van der Waals surface area (Å²) in [4.78, 5) is 3.11. The SMILES string of the molecule is Nc1ccc2c(S(=O)[O-])c[nH]c2c1. The first-order valence-electron chi connectivity index (χ1n) is 3.64. The van der Waals surface area contributed by atoms with E-state index in [-0.39, 0.29) is 4.90 Å². The van der Waals surface area contributed by atoms with Crippen molar-refractivity contribution < 1.29 is 8.76 Å². The minimum atomic E-state index is -2.20. The van der Waals surface area contributed by atoms with E-state index in [1.807, 2.05) is 0 Å². The van der Waals surface area contributed by atoms with Crippen LogP contribution in [-0.4, -0.2) is 13.7 Å². The van der Waals surface area contributed by atoms with Gasteiger partial charge in [-0.15, -0.1) is 0 Å². The van der Waals surface area contributed by atoms with Crippen LogP contribution < -0.4 is 5.73 Å². The molecule has 1 unspecified atom stereocenters. The molecule has 13 heavy (non-hydrogen) atoms. The van der Waals surface area contributed by atoms with Crippen molar-refractivity contribution in [2.24, 2.45) is 0 Å². The van der Waals surface area contributed by atoms with Crippen molar-refractivity contribution in [1.29, 1.82) is 0 Å². The Morgan fingerprint density at radius 2 is 2.23 bits per heavy atom. The van der Waals surface area contributed by atoms with Crippen LogP contribution in [-0.2, 0) is 11.1 Å². The fourth-order valence-electron chi connectivity index (χ4n) is 1.26. The van der Waals surface area contributed by atoms with Crippen LogP contribution in [0.4, 0.5) is 5.69 Å². The highest BCUT2D eigenvalue weighted by Gasteiger charge is 2.02. The average Bonchev–Trinajstić information content (AvgIpc) is 2.46. The molecule has 4 nitrogen and oxygen atoms in total. The third-order valence-electron chi connectivity index (χ3n) is 1.85. The van der Waals surface area contributed by atoms with Crippen molar-refractivity contribution in [2.75, 3.05) is 5.73 Å². The van der Waals surface area contributed by atoms with Gasteiger partial charge in [0.1, 0.15) is 0 Å². The van der Waals surface area contributed by atoms with Crippen molar-refractivity contribution in [1.82, 2.24) is 4.98 Å². The normalized spacial score (nSPS) is 13.3. The number of hydrogen-bond donors (Lipinski definition) is 2. The lowest BCUT2D eigenvalue weighted by Gasteiger charge is -2.01. The highest BCUT2D eigenvalue weighted by molar-refractivity contribution is 7.79. The fraction of sp³-hybridized carbons (Fsp3) is 0. The van der Waals surface area contributed by atoms with Gasteiger partial charge in [-0.2, -0.15) is 0 Å². The zero-order valence-corrected chi connectivity index (χ0v) is 7.43. The quantitative estimate of drug-likeness (QED) is 0.525. The molecule has 68 valence electrons. The number of H-pyrrole nitrogens is 1. The van der Waals surface area contributed by atoms with E-state index in [2.05, 4.69) is 4.98 Å². The van der Waals surface area contributed by atoms with E-state index < -0.39 is 11.1 Å². The van der Waals surface area contributed by atoms with Gasteiger partial charge < -0.3 is 15.3 Å². The summed E-state index contributed by atoms with van der Waals surface area (Å²) in [5.74, 6) is 0. The van der Waals surface area contributed by atoms with E-state index in [9.17, 15) is 8.76 Å². The molecule has 0 saturated carbocycles. The lowest BCUT2D eigenvalue weighted by atomic mass is 10.2. The Bertz CT molecular complexity index is 478. The van der Waals surface area contributed by atoms with Crippen LogP contribution in [0.1, 0.15) is 0 Å². The molecule has 2 rings (SSSR count). The summed E-state index contributed by atoms with van der Waals surface area (Å²) in [7, 11) is 0. The molecule has 1 aromatic carbocycles. The van der Waals surface area contributed by atoms with Gasteiger partial charge in [0, 0.05) is 22.8 Å². The van der Waals surface area contributed by atoms with E-state index in [0.717, 1.165) is 5.52 Å². The van der Waals surface area contributed by atoms with Crippen LogP contribution in [0, 0.1) is 0 Å². The molecule has 0 aliphatic heterocycles. The van der Waals surface area contributed by atoms with Crippen LogP contribution in [0.5, 0.6) is 0 Å². The second kappa shape index (κ2) is 2.86.